The van der Waals surface area contributed by atoms with Gasteiger partial charge < -0.3 is 4.90 Å². The highest BCUT2D eigenvalue weighted by atomic mass is 15.1. The van der Waals surface area contributed by atoms with Crippen molar-refractivity contribution in [2.45, 2.75) is 31.7 Å². The summed E-state index contributed by atoms with van der Waals surface area (Å²) in [7, 11) is 1.88. The maximum atomic E-state index is 9.67. The summed E-state index contributed by atoms with van der Waals surface area (Å²) in [5.41, 5.74) is 0.502. The van der Waals surface area contributed by atoms with Gasteiger partial charge >= 0.3 is 0 Å². The zero-order valence-electron chi connectivity index (χ0n) is 12.6. The number of hydrogen-bond acceptors (Lipinski definition) is 3. The van der Waals surface area contributed by atoms with Gasteiger partial charge in [-0.05, 0) is 37.9 Å². The van der Waals surface area contributed by atoms with E-state index in [9.17, 15) is 5.26 Å². The maximum Gasteiger partial charge on any atom is 0.133 e. The van der Waals surface area contributed by atoms with Gasteiger partial charge in [0, 0.05) is 13.1 Å². The van der Waals surface area contributed by atoms with Crippen LogP contribution in [-0.2, 0) is 5.54 Å². The molecule has 1 aliphatic rings. The highest BCUT2D eigenvalue weighted by Crippen LogP contribution is 2.26. The largest absolute Gasteiger partial charge is 0.303 e. The third-order valence-electron chi connectivity index (χ3n) is 4.63. The van der Waals surface area contributed by atoms with Crippen LogP contribution in [0.3, 0.4) is 0 Å². The fourth-order valence-electron chi connectivity index (χ4n) is 3.09. The molecule has 2 rings (SSSR count). The lowest BCUT2D eigenvalue weighted by molar-refractivity contribution is 0.279. The second kappa shape index (κ2) is 6.88. The Hall–Kier alpha value is -1.37. The van der Waals surface area contributed by atoms with Gasteiger partial charge in [0.15, 0.2) is 0 Å². The summed E-state index contributed by atoms with van der Waals surface area (Å²) in [4.78, 5) is 2.50. The summed E-state index contributed by atoms with van der Waals surface area (Å²) >= 11 is 0. The first kappa shape index (κ1) is 15.0. The van der Waals surface area contributed by atoms with Crippen LogP contribution in [0.15, 0.2) is 30.3 Å². The van der Waals surface area contributed by atoms with Crippen molar-refractivity contribution in [1.29, 1.82) is 5.26 Å². The van der Waals surface area contributed by atoms with Gasteiger partial charge in [0.2, 0.25) is 0 Å². The van der Waals surface area contributed by atoms with Crippen LogP contribution in [0.25, 0.3) is 0 Å². The van der Waals surface area contributed by atoms with Crippen LogP contribution in [0.1, 0.15) is 31.7 Å². The van der Waals surface area contributed by atoms with Crippen LogP contribution >= 0.6 is 0 Å². The molecule has 1 aromatic rings. The van der Waals surface area contributed by atoms with Gasteiger partial charge in [-0.3, -0.25) is 5.32 Å². The molecule has 0 aliphatic carbocycles. The van der Waals surface area contributed by atoms with E-state index in [0.29, 0.717) is 0 Å². The number of benzene rings is 1. The molecule has 1 N–H and O–H groups in total. The molecule has 0 saturated carbocycles. The molecule has 0 bridgehead atoms. The van der Waals surface area contributed by atoms with Gasteiger partial charge in [-0.15, -0.1) is 0 Å². The first-order chi connectivity index (χ1) is 9.74. The van der Waals surface area contributed by atoms with E-state index in [0.717, 1.165) is 24.4 Å². The zero-order valence-corrected chi connectivity index (χ0v) is 12.6. The Bertz CT molecular complexity index is 451. The van der Waals surface area contributed by atoms with Crippen LogP contribution < -0.4 is 5.32 Å². The van der Waals surface area contributed by atoms with Crippen molar-refractivity contribution < 1.29 is 0 Å². The fraction of sp³-hybridized carbons (Fsp3) is 0.588. The van der Waals surface area contributed by atoms with Crippen LogP contribution in [0.2, 0.25) is 0 Å². The quantitative estimate of drug-likeness (QED) is 0.864. The highest BCUT2D eigenvalue weighted by molar-refractivity contribution is 5.31. The molecule has 2 unspecified atom stereocenters. The Balaban J connectivity index is 2.02. The molecule has 0 spiro atoms. The smallest absolute Gasteiger partial charge is 0.133 e. The molecule has 20 heavy (non-hydrogen) atoms. The van der Waals surface area contributed by atoms with E-state index in [2.05, 4.69) is 23.2 Å². The predicted octanol–water partition coefficient (Wildman–Crippen LogP) is 2.75. The van der Waals surface area contributed by atoms with Crippen LogP contribution in [0.5, 0.6) is 0 Å². The number of nitriles is 1. The Morgan fingerprint density at radius 2 is 2.15 bits per heavy atom. The second-order valence-electron chi connectivity index (χ2n) is 5.75. The maximum absolute atomic E-state index is 9.67. The number of nitrogens with zero attached hydrogens (tertiary/aromatic N) is 2. The molecule has 3 heteroatoms. The number of nitrogens with one attached hydrogen (secondary N) is 1. The molecule has 1 saturated heterocycles. The molecule has 1 aliphatic heterocycles. The molecule has 1 heterocycles. The van der Waals surface area contributed by atoms with Crippen molar-refractivity contribution in [1.82, 2.24) is 10.2 Å². The molecule has 2 atom stereocenters. The average Bonchev–Trinajstić information content (AvgIpc) is 2.98. The van der Waals surface area contributed by atoms with E-state index in [1.807, 2.05) is 37.4 Å². The topological polar surface area (TPSA) is 39.1 Å². The first-order valence-electron chi connectivity index (χ1n) is 7.62. The van der Waals surface area contributed by atoms with E-state index >= 15 is 0 Å². The Morgan fingerprint density at radius 1 is 1.40 bits per heavy atom. The molecular weight excluding hydrogens is 246 g/mol. The van der Waals surface area contributed by atoms with Crippen molar-refractivity contribution in [3.05, 3.63) is 35.9 Å². The number of rotatable bonds is 6. The van der Waals surface area contributed by atoms with E-state index in [-0.39, 0.29) is 0 Å². The Labute approximate surface area is 122 Å². The summed E-state index contributed by atoms with van der Waals surface area (Å²) in [6.07, 6.45) is 3.41. The van der Waals surface area contributed by atoms with Crippen molar-refractivity contribution in [3.63, 3.8) is 0 Å². The lowest BCUT2D eigenvalue weighted by Gasteiger charge is -2.29. The minimum absolute atomic E-state index is 0.564. The summed E-state index contributed by atoms with van der Waals surface area (Å²) in [6.45, 7) is 5.63. The summed E-state index contributed by atoms with van der Waals surface area (Å²) in [6, 6.07) is 12.6. The fourth-order valence-corrected chi connectivity index (χ4v) is 3.09. The molecule has 0 amide bonds. The molecular formula is C17H25N3. The average molecular weight is 271 g/mol. The predicted molar refractivity (Wildman–Crippen MR) is 82.2 cm³/mol. The van der Waals surface area contributed by atoms with Gasteiger partial charge in [-0.25, -0.2) is 0 Å². The van der Waals surface area contributed by atoms with Crippen molar-refractivity contribution in [2.24, 2.45) is 5.92 Å². The number of hydrogen-bond donors (Lipinski definition) is 1. The molecule has 3 nitrogen and oxygen atoms in total. The summed E-state index contributed by atoms with van der Waals surface area (Å²) < 4.78 is 0. The van der Waals surface area contributed by atoms with E-state index in [4.69, 9.17) is 0 Å². The zero-order chi connectivity index (χ0) is 14.4. The highest BCUT2D eigenvalue weighted by Gasteiger charge is 2.31. The monoisotopic (exact) mass is 271 g/mol. The van der Waals surface area contributed by atoms with Crippen LogP contribution in [0, 0.1) is 17.2 Å². The summed E-state index contributed by atoms with van der Waals surface area (Å²) in [5, 5.41) is 12.9. The standard InChI is InChI=1S/C17H25N3/c1-3-15-9-11-20(13-15)12-10-17(14-18,19-2)16-7-5-4-6-8-16/h4-8,15,19H,3,9-13H2,1-2H3. The normalized spacial score (nSPS) is 22.4. The molecule has 108 valence electrons. The second-order valence-corrected chi connectivity index (χ2v) is 5.75. The SMILES string of the molecule is CCC1CCN(CCC(C#N)(NC)c2ccccc2)C1. The minimum Gasteiger partial charge on any atom is -0.303 e. The first-order valence-corrected chi connectivity index (χ1v) is 7.62. The van der Waals surface area contributed by atoms with Crippen LogP contribution in [-0.4, -0.2) is 31.6 Å². The lowest BCUT2D eigenvalue weighted by Crippen LogP contribution is -2.41. The van der Waals surface area contributed by atoms with Gasteiger partial charge in [0.25, 0.3) is 0 Å². The molecule has 0 aromatic heterocycles. The lowest BCUT2D eigenvalue weighted by atomic mass is 9.88. The minimum atomic E-state index is -0.564. The molecule has 1 aromatic carbocycles. The summed E-state index contributed by atoms with van der Waals surface area (Å²) in [5.74, 6) is 0.845. The van der Waals surface area contributed by atoms with Gasteiger partial charge in [0.05, 0.1) is 6.07 Å². The van der Waals surface area contributed by atoms with E-state index < -0.39 is 5.54 Å². The Morgan fingerprint density at radius 3 is 2.70 bits per heavy atom. The van der Waals surface area contributed by atoms with Gasteiger partial charge in [0.1, 0.15) is 5.54 Å². The van der Waals surface area contributed by atoms with Gasteiger partial charge in [-0.2, -0.15) is 5.26 Å². The van der Waals surface area contributed by atoms with Crippen molar-refractivity contribution in [2.75, 3.05) is 26.7 Å². The third kappa shape index (κ3) is 3.20. The molecule has 1 fully saturated rings. The van der Waals surface area contributed by atoms with E-state index in [1.165, 1.54) is 25.9 Å². The van der Waals surface area contributed by atoms with Crippen molar-refractivity contribution in [3.8, 4) is 6.07 Å². The molecule has 0 radical (unpaired) electrons. The van der Waals surface area contributed by atoms with Crippen molar-refractivity contribution >= 4 is 0 Å². The number of likely N-dealkylation sites (tertiary alicyclic amines) is 1. The Kier molecular flexibility index (Phi) is 5.17. The van der Waals surface area contributed by atoms with Crippen LogP contribution in [0.4, 0.5) is 0 Å². The third-order valence-corrected chi connectivity index (χ3v) is 4.63. The van der Waals surface area contributed by atoms with Gasteiger partial charge in [-0.1, -0.05) is 43.7 Å². The van der Waals surface area contributed by atoms with E-state index in [1.54, 1.807) is 0 Å².